The first kappa shape index (κ1) is 29.7. The Hall–Kier alpha value is -4.33. The van der Waals surface area contributed by atoms with E-state index in [4.69, 9.17) is 47.4 Å². The topological polar surface area (TPSA) is 151 Å². The first-order valence-corrected chi connectivity index (χ1v) is 14.7. The molecular formula is C29H31Cl2N9O4. The molecule has 1 amide bonds. The lowest BCUT2D eigenvalue weighted by Gasteiger charge is -2.21. The number of H-pyrrole nitrogens is 1. The first-order chi connectivity index (χ1) is 21.4. The number of aromatic nitrogens is 5. The fourth-order valence-corrected chi connectivity index (χ4v) is 6.12. The van der Waals surface area contributed by atoms with Gasteiger partial charge in [0.1, 0.15) is 17.0 Å². The monoisotopic (exact) mass is 639 g/mol. The van der Waals surface area contributed by atoms with E-state index in [1.807, 2.05) is 12.3 Å². The lowest BCUT2D eigenvalue weighted by atomic mass is 10.1. The van der Waals surface area contributed by atoms with Gasteiger partial charge in [-0.3, -0.25) is 9.89 Å². The number of carbonyl (C=O) groups is 1. The summed E-state index contributed by atoms with van der Waals surface area (Å²) >= 11 is 13.5. The van der Waals surface area contributed by atoms with Gasteiger partial charge in [-0.15, -0.1) is 0 Å². The molecule has 2 fully saturated rings. The van der Waals surface area contributed by atoms with Crippen molar-refractivity contribution in [3.05, 3.63) is 53.4 Å². The fourth-order valence-electron chi connectivity index (χ4n) is 5.42. The Morgan fingerprint density at radius 3 is 2.55 bits per heavy atom. The minimum atomic E-state index is -0.260. The summed E-state index contributed by atoms with van der Waals surface area (Å²) in [6.45, 7) is 5.92. The minimum Gasteiger partial charge on any atom is -0.495 e. The number of nitrogens with one attached hydrogen (secondary N) is 4. The minimum absolute atomic E-state index is 0.0370. The molecule has 2 aliphatic heterocycles. The van der Waals surface area contributed by atoms with Gasteiger partial charge in [0.15, 0.2) is 5.82 Å². The zero-order valence-corrected chi connectivity index (χ0v) is 25.6. The molecule has 5 heterocycles. The molecule has 4 aromatic rings. The van der Waals surface area contributed by atoms with Crippen molar-refractivity contribution in [3.8, 4) is 22.8 Å². The van der Waals surface area contributed by atoms with E-state index in [0.717, 1.165) is 12.1 Å². The molecule has 2 aliphatic rings. The van der Waals surface area contributed by atoms with Crippen LogP contribution >= 0.6 is 23.2 Å². The maximum Gasteiger partial charge on any atom is 0.243 e. The van der Waals surface area contributed by atoms with Crippen molar-refractivity contribution in [3.63, 3.8) is 0 Å². The van der Waals surface area contributed by atoms with Crippen molar-refractivity contribution in [1.29, 1.82) is 0 Å². The van der Waals surface area contributed by atoms with E-state index in [1.165, 1.54) is 20.3 Å². The number of amides is 1. The number of fused-ring (bicyclic) bond motifs is 1. The van der Waals surface area contributed by atoms with E-state index in [0.29, 0.717) is 81.8 Å². The molecule has 3 atom stereocenters. The second kappa shape index (κ2) is 12.7. The molecule has 15 heteroatoms. The predicted octanol–water partition coefficient (Wildman–Crippen LogP) is 3.91. The van der Waals surface area contributed by atoms with Crippen molar-refractivity contribution in [1.82, 2.24) is 30.5 Å². The molecule has 0 radical (unpaired) electrons. The molecule has 3 aromatic heterocycles. The smallest absolute Gasteiger partial charge is 0.243 e. The summed E-state index contributed by atoms with van der Waals surface area (Å²) in [6.07, 6.45) is 7.34. The number of nitrogens with zero attached hydrogens (tertiary/aromatic N) is 5. The number of hydrogen-bond acceptors (Lipinski definition) is 11. The molecule has 4 N–H and O–H groups in total. The average Bonchev–Trinajstić information content (AvgIpc) is 3.81. The number of rotatable bonds is 10. The van der Waals surface area contributed by atoms with Gasteiger partial charge in [0.2, 0.25) is 11.9 Å². The van der Waals surface area contributed by atoms with Gasteiger partial charge >= 0.3 is 0 Å². The van der Waals surface area contributed by atoms with Crippen LogP contribution in [0.1, 0.15) is 6.42 Å². The van der Waals surface area contributed by atoms with Gasteiger partial charge < -0.3 is 35.1 Å². The van der Waals surface area contributed by atoms with E-state index in [2.05, 4.69) is 42.6 Å². The van der Waals surface area contributed by atoms with Gasteiger partial charge in [-0.25, -0.2) is 15.0 Å². The van der Waals surface area contributed by atoms with Crippen molar-refractivity contribution in [2.24, 2.45) is 0 Å². The lowest BCUT2D eigenvalue weighted by Crippen LogP contribution is -2.45. The molecule has 13 nitrogen and oxygen atoms in total. The van der Waals surface area contributed by atoms with Crippen molar-refractivity contribution in [2.45, 2.75) is 24.5 Å². The second-order valence-electron chi connectivity index (χ2n) is 10.4. The second-order valence-corrected chi connectivity index (χ2v) is 11.2. The van der Waals surface area contributed by atoms with Crippen molar-refractivity contribution in [2.75, 3.05) is 56.1 Å². The Kier molecular flexibility index (Phi) is 8.60. The van der Waals surface area contributed by atoms with Gasteiger partial charge in [-0.2, -0.15) is 5.10 Å². The van der Waals surface area contributed by atoms with Crippen LogP contribution in [0.5, 0.6) is 11.5 Å². The standard InChI is InChI=1S/C29H31Cl2N9O4/c1-4-23(41)36-19-12-40(17-10-33-34-11-17)13-20(19)38-29-32-9-15-7-18(24-25(30)21(42-2)8-22(43-3)26(24)31)37-28(27(15)39-29)35-16-5-6-44-14-16/h4,7-11,16,19-20H,1,5-6,12-14H2,2-3H3,(H,33,34)(H,35,37)(H,36,41)(H,32,38,39)/t16?,19-,20+/m0/s1. The van der Waals surface area contributed by atoms with E-state index in [-0.39, 0.29) is 24.0 Å². The molecule has 1 unspecified atom stereocenters. The zero-order chi connectivity index (χ0) is 30.8. The molecule has 0 bridgehead atoms. The maximum absolute atomic E-state index is 12.2. The fraction of sp³-hybridized carbons (Fsp3) is 0.345. The number of aromatic amines is 1. The number of benzene rings is 1. The molecule has 6 rings (SSSR count). The number of pyridine rings is 1. The van der Waals surface area contributed by atoms with Crippen LogP contribution in [0.15, 0.2) is 43.4 Å². The summed E-state index contributed by atoms with van der Waals surface area (Å²) in [6, 6.07) is 3.04. The van der Waals surface area contributed by atoms with E-state index < -0.39 is 0 Å². The highest BCUT2D eigenvalue weighted by molar-refractivity contribution is 6.41. The molecule has 1 aromatic carbocycles. The predicted molar refractivity (Wildman–Crippen MR) is 169 cm³/mol. The first-order valence-electron chi connectivity index (χ1n) is 13.9. The highest BCUT2D eigenvalue weighted by Crippen LogP contribution is 2.46. The largest absolute Gasteiger partial charge is 0.495 e. The molecule has 230 valence electrons. The number of halogens is 2. The molecular weight excluding hydrogens is 609 g/mol. The molecule has 0 saturated carbocycles. The number of methoxy groups -OCH3 is 2. The van der Waals surface area contributed by atoms with Gasteiger partial charge in [-0.05, 0) is 18.6 Å². The SMILES string of the molecule is C=CC(=O)N[C@H]1CN(c2cn[nH]c2)C[C@H]1Nc1ncc2cc(-c3c(Cl)c(OC)cc(OC)c3Cl)nc(NC3CCOC3)c2n1. The third-order valence-corrected chi connectivity index (χ3v) is 8.41. The number of ether oxygens (including phenoxy) is 3. The Morgan fingerprint density at radius 2 is 1.89 bits per heavy atom. The Balaban J connectivity index is 1.39. The third kappa shape index (κ3) is 5.90. The zero-order valence-electron chi connectivity index (χ0n) is 24.1. The Morgan fingerprint density at radius 1 is 1.11 bits per heavy atom. The summed E-state index contributed by atoms with van der Waals surface area (Å²) in [4.78, 5) is 28.8. The van der Waals surface area contributed by atoms with Crippen LogP contribution in [0.25, 0.3) is 22.2 Å². The van der Waals surface area contributed by atoms with Crippen LogP contribution in [0.4, 0.5) is 17.5 Å². The average molecular weight is 641 g/mol. The highest BCUT2D eigenvalue weighted by Gasteiger charge is 2.35. The third-order valence-electron chi connectivity index (χ3n) is 7.66. The number of hydrogen-bond donors (Lipinski definition) is 4. The van der Waals surface area contributed by atoms with Crippen LogP contribution < -0.4 is 30.3 Å². The summed E-state index contributed by atoms with van der Waals surface area (Å²) in [5.74, 6) is 1.45. The van der Waals surface area contributed by atoms with E-state index in [1.54, 1.807) is 18.5 Å². The summed E-state index contributed by atoms with van der Waals surface area (Å²) in [5, 5.41) is 18.1. The van der Waals surface area contributed by atoms with Gasteiger partial charge in [0.25, 0.3) is 0 Å². The Labute approximate surface area is 263 Å². The number of anilines is 3. The lowest BCUT2D eigenvalue weighted by molar-refractivity contribution is -0.117. The van der Waals surface area contributed by atoms with Gasteiger partial charge in [0, 0.05) is 49.1 Å². The van der Waals surface area contributed by atoms with Crippen LogP contribution in [0, 0.1) is 0 Å². The van der Waals surface area contributed by atoms with Crippen LogP contribution in [0.2, 0.25) is 10.0 Å². The van der Waals surface area contributed by atoms with Gasteiger partial charge in [-0.1, -0.05) is 29.8 Å². The normalized spacial score (nSPS) is 19.6. The molecule has 2 saturated heterocycles. The van der Waals surface area contributed by atoms with Crippen LogP contribution in [0.3, 0.4) is 0 Å². The molecule has 0 aliphatic carbocycles. The highest BCUT2D eigenvalue weighted by atomic mass is 35.5. The van der Waals surface area contributed by atoms with E-state index in [9.17, 15) is 4.79 Å². The summed E-state index contributed by atoms with van der Waals surface area (Å²) < 4.78 is 16.5. The van der Waals surface area contributed by atoms with E-state index >= 15 is 0 Å². The Bertz CT molecular complexity index is 1650. The van der Waals surface area contributed by atoms with Gasteiger partial charge in [0.05, 0.1) is 66.6 Å². The van der Waals surface area contributed by atoms with Crippen LogP contribution in [-0.4, -0.2) is 89.7 Å². The van der Waals surface area contributed by atoms with Crippen LogP contribution in [-0.2, 0) is 9.53 Å². The summed E-state index contributed by atoms with van der Waals surface area (Å²) in [5.41, 5.74) is 2.47. The number of carbonyl (C=O) groups excluding carboxylic acids is 1. The summed E-state index contributed by atoms with van der Waals surface area (Å²) in [7, 11) is 3.04. The van der Waals surface area contributed by atoms with Crippen molar-refractivity contribution >= 4 is 57.5 Å². The quantitative estimate of drug-likeness (QED) is 0.187. The molecule has 44 heavy (non-hydrogen) atoms. The van der Waals surface area contributed by atoms with Crippen molar-refractivity contribution < 1.29 is 19.0 Å². The maximum atomic E-state index is 12.2. The molecule has 0 spiro atoms.